The Morgan fingerprint density at radius 3 is 2.79 bits per heavy atom. The highest BCUT2D eigenvalue weighted by Crippen LogP contribution is 2.31. The average molecular weight is 324 g/mol. The standard InChI is InChI=1S/C15H18BrNO2/c1-4-17-14(8-7-13(16)15(17)18)12-6-5-11(19-3)9-10(12)2/h5-6,8-9,13H,4,7H2,1-3H3. The summed E-state index contributed by atoms with van der Waals surface area (Å²) in [5, 5.41) is 0. The molecule has 0 saturated carbocycles. The highest BCUT2D eigenvalue weighted by atomic mass is 79.9. The molecule has 1 atom stereocenters. The van der Waals surface area contributed by atoms with Gasteiger partial charge in [-0.05, 0) is 44.0 Å². The van der Waals surface area contributed by atoms with Crippen molar-refractivity contribution in [1.29, 1.82) is 0 Å². The molecule has 1 aromatic carbocycles. The summed E-state index contributed by atoms with van der Waals surface area (Å²) in [6.45, 7) is 4.71. The van der Waals surface area contributed by atoms with Crippen LogP contribution < -0.4 is 4.74 Å². The van der Waals surface area contributed by atoms with Crippen LogP contribution in [0, 0.1) is 6.92 Å². The van der Waals surface area contributed by atoms with Crippen molar-refractivity contribution in [2.45, 2.75) is 25.1 Å². The quantitative estimate of drug-likeness (QED) is 0.798. The molecule has 1 unspecified atom stereocenters. The number of alkyl halides is 1. The summed E-state index contributed by atoms with van der Waals surface area (Å²) in [5.41, 5.74) is 3.21. The van der Waals surface area contributed by atoms with E-state index in [0.29, 0.717) is 6.54 Å². The SMILES string of the molecule is CCN1C(=O)C(Br)CC=C1c1ccc(OC)cc1C. The molecule has 19 heavy (non-hydrogen) atoms. The first-order valence-electron chi connectivity index (χ1n) is 6.39. The van der Waals surface area contributed by atoms with Crippen molar-refractivity contribution in [2.75, 3.05) is 13.7 Å². The van der Waals surface area contributed by atoms with Crippen LogP contribution >= 0.6 is 15.9 Å². The van der Waals surface area contributed by atoms with E-state index in [2.05, 4.69) is 22.0 Å². The summed E-state index contributed by atoms with van der Waals surface area (Å²) < 4.78 is 5.22. The van der Waals surface area contributed by atoms with Gasteiger partial charge in [0.2, 0.25) is 5.91 Å². The summed E-state index contributed by atoms with van der Waals surface area (Å²) in [6.07, 6.45) is 2.86. The smallest absolute Gasteiger partial charge is 0.241 e. The van der Waals surface area contributed by atoms with Gasteiger partial charge < -0.3 is 9.64 Å². The van der Waals surface area contributed by atoms with E-state index in [4.69, 9.17) is 4.74 Å². The number of carbonyl (C=O) groups is 1. The Morgan fingerprint density at radius 2 is 2.21 bits per heavy atom. The molecule has 0 fully saturated rings. The first-order chi connectivity index (χ1) is 9.08. The highest BCUT2D eigenvalue weighted by Gasteiger charge is 2.28. The average Bonchev–Trinajstić information content (AvgIpc) is 2.42. The maximum absolute atomic E-state index is 12.2. The number of nitrogens with zero attached hydrogens (tertiary/aromatic N) is 1. The van der Waals surface area contributed by atoms with Crippen LogP contribution in [0.1, 0.15) is 24.5 Å². The molecule has 1 aromatic rings. The topological polar surface area (TPSA) is 29.5 Å². The Bertz CT molecular complexity index is 525. The first kappa shape index (κ1) is 14.1. The van der Waals surface area contributed by atoms with Crippen LogP contribution in [0.2, 0.25) is 0 Å². The summed E-state index contributed by atoms with van der Waals surface area (Å²) in [4.78, 5) is 13.9. The maximum atomic E-state index is 12.2. The molecule has 102 valence electrons. The van der Waals surface area contributed by atoms with Crippen LogP contribution in [-0.4, -0.2) is 29.3 Å². The van der Waals surface area contributed by atoms with E-state index in [9.17, 15) is 4.79 Å². The minimum atomic E-state index is -0.102. The summed E-state index contributed by atoms with van der Waals surface area (Å²) in [5.74, 6) is 0.973. The fourth-order valence-corrected chi connectivity index (χ4v) is 2.78. The number of halogens is 1. The van der Waals surface area contributed by atoms with Gasteiger partial charge in [0.25, 0.3) is 0 Å². The minimum absolute atomic E-state index is 0.102. The molecule has 0 bridgehead atoms. The monoisotopic (exact) mass is 323 g/mol. The number of allylic oxidation sites excluding steroid dienone is 1. The normalized spacial score (nSPS) is 19.4. The molecule has 3 nitrogen and oxygen atoms in total. The maximum Gasteiger partial charge on any atom is 0.241 e. The van der Waals surface area contributed by atoms with Gasteiger partial charge in [0, 0.05) is 17.8 Å². The third kappa shape index (κ3) is 2.68. The van der Waals surface area contributed by atoms with E-state index in [1.165, 1.54) is 0 Å². The highest BCUT2D eigenvalue weighted by molar-refractivity contribution is 9.10. The molecule has 0 N–H and O–H groups in total. The number of benzene rings is 1. The zero-order valence-electron chi connectivity index (χ0n) is 11.4. The van der Waals surface area contributed by atoms with Crippen LogP contribution in [-0.2, 0) is 4.79 Å². The molecule has 1 heterocycles. The van der Waals surface area contributed by atoms with E-state index in [1.807, 2.05) is 36.9 Å². The second-order valence-electron chi connectivity index (χ2n) is 4.56. The molecule has 0 radical (unpaired) electrons. The van der Waals surface area contributed by atoms with Gasteiger partial charge in [-0.3, -0.25) is 4.79 Å². The van der Waals surface area contributed by atoms with Crippen LogP contribution in [0.4, 0.5) is 0 Å². The Kier molecular flexibility index (Phi) is 4.30. The molecule has 0 saturated heterocycles. The molecule has 0 aromatic heterocycles. The third-order valence-electron chi connectivity index (χ3n) is 3.37. The van der Waals surface area contributed by atoms with Gasteiger partial charge in [-0.15, -0.1) is 0 Å². The van der Waals surface area contributed by atoms with Crippen molar-refractivity contribution < 1.29 is 9.53 Å². The van der Waals surface area contributed by atoms with Crippen molar-refractivity contribution in [3.8, 4) is 5.75 Å². The third-order valence-corrected chi connectivity index (χ3v) is 4.13. The number of aryl methyl sites for hydroxylation is 1. The lowest BCUT2D eigenvalue weighted by atomic mass is 10.00. The van der Waals surface area contributed by atoms with E-state index in [-0.39, 0.29) is 10.7 Å². The molecule has 4 heteroatoms. The Balaban J connectivity index is 2.42. The number of carbonyl (C=O) groups excluding carboxylic acids is 1. The minimum Gasteiger partial charge on any atom is -0.497 e. The molecule has 1 aliphatic heterocycles. The molecular formula is C15H18BrNO2. The van der Waals surface area contributed by atoms with Gasteiger partial charge in [0.05, 0.1) is 11.9 Å². The van der Waals surface area contributed by atoms with E-state index in [1.54, 1.807) is 7.11 Å². The lowest BCUT2D eigenvalue weighted by molar-refractivity contribution is -0.127. The second-order valence-corrected chi connectivity index (χ2v) is 5.66. The zero-order valence-corrected chi connectivity index (χ0v) is 13.0. The fraction of sp³-hybridized carbons (Fsp3) is 0.400. The summed E-state index contributed by atoms with van der Waals surface area (Å²) in [7, 11) is 1.66. The van der Waals surface area contributed by atoms with Crippen LogP contribution in [0.25, 0.3) is 5.70 Å². The zero-order chi connectivity index (χ0) is 14.0. The summed E-state index contributed by atoms with van der Waals surface area (Å²) >= 11 is 3.42. The van der Waals surface area contributed by atoms with Gasteiger partial charge in [-0.25, -0.2) is 0 Å². The number of rotatable bonds is 3. The van der Waals surface area contributed by atoms with Crippen molar-refractivity contribution in [3.63, 3.8) is 0 Å². The van der Waals surface area contributed by atoms with E-state index < -0.39 is 0 Å². The van der Waals surface area contributed by atoms with Crippen LogP contribution in [0.5, 0.6) is 5.75 Å². The number of methoxy groups -OCH3 is 1. The molecule has 0 aliphatic carbocycles. The van der Waals surface area contributed by atoms with E-state index >= 15 is 0 Å². The summed E-state index contributed by atoms with van der Waals surface area (Å²) in [6, 6.07) is 5.95. The number of amides is 1. The van der Waals surface area contributed by atoms with Gasteiger partial charge in [0.1, 0.15) is 5.75 Å². The number of hydrogen-bond donors (Lipinski definition) is 0. The molecule has 1 amide bonds. The van der Waals surface area contributed by atoms with Gasteiger partial charge in [-0.2, -0.15) is 0 Å². The van der Waals surface area contributed by atoms with Crippen molar-refractivity contribution >= 4 is 27.5 Å². The predicted octanol–water partition coefficient (Wildman–Crippen LogP) is 3.36. The lowest BCUT2D eigenvalue weighted by Crippen LogP contribution is -2.38. The Labute approximate surface area is 122 Å². The van der Waals surface area contributed by atoms with Gasteiger partial charge in [0.15, 0.2) is 0 Å². The van der Waals surface area contributed by atoms with Crippen molar-refractivity contribution in [3.05, 3.63) is 35.4 Å². The van der Waals surface area contributed by atoms with E-state index in [0.717, 1.165) is 29.0 Å². The van der Waals surface area contributed by atoms with Gasteiger partial charge in [-0.1, -0.05) is 22.0 Å². The predicted molar refractivity (Wildman–Crippen MR) is 80.4 cm³/mol. The number of hydrogen-bond acceptors (Lipinski definition) is 2. The largest absolute Gasteiger partial charge is 0.497 e. The molecule has 0 spiro atoms. The Morgan fingerprint density at radius 1 is 1.47 bits per heavy atom. The molecular weight excluding hydrogens is 306 g/mol. The van der Waals surface area contributed by atoms with Gasteiger partial charge >= 0.3 is 0 Å². The molecule has 2 rings (SSSR count). The first-order valence-corrected chi connectivity index (χ1v) is 7.30. The fourth-order valence-electron chi connectivity index (χ4n) is 2.35. The molecule has 1 aliphatic rings. The second kappa shape index (κ2) is 5.78. The van der Waals surface area contributed by atoms with Crippen LogP contribution in [0.3, 0.4) is 0 Å². The van der Waals surface area contributed by atoms with Crippen molar-refractivity contribution in [2.24, 2.45) is 0 Å². The Hall–Kier alpha value is -1.29. The number of ether oxygens (including phenoxy) is 1. The van der Waals surface area contributed by atoms with Crippen molar-refractivity contribution in [1.82, 2.24) is 4.90 Å². The van der Waals surface area contributed by atoms with Crippen LogP contribution in [0.15, 0.2) is 24.3 Å². The lowest BCUT2D eigenvalue weighted by Gasteiger charge is -2.31.